The summed E-state index contributed by atoms with van der Waals surface area (Å²) < 4.78 is 0. The van der Waals surface area contributed by atoms with Crippen LogP contribution >= 0.6 is 0 Å². The Hall–Kier alpha value is -3.32. The third kappa shape index (κ3) is 4.45. The van der Waals surface area contributed by atoms with Crippen molar-refractivity contribution in [1.82, 2.24) is 0 Å². The van der Waals surface area contributed by atoms with E-state index in [4.69, 9.17) is 0 Å². The molecule has 0 bridgehead atoms. The van der Waals surface area contributed by atoms with Gasteiger partial charge in [-0.1, -0.05) is 78.9 Å². The molecule has 0 atom stereocenters. The van der Waals surface area contributed by atoms with E-state index in [9.17, 15) is 0 Å². The van der Waals surface area contributed by atoms with Crippen molar-refractivity contribution >= 4 is 22.6 Å². The van der Waals surface area contributed by atoms with E-state index >= 15 is 0 Å². The Labute approximate surface area is 162 Å². The maximum Gasteiger partial charge on any atom is 0.0467 e. The van der Waals surface area contributed by atoms with E-state index in [1.807, 2.05) is 25.1 Å². The third-order valence-corrected chi connectivity index (χ3v) is 4.39. The predicted molar refractivity (Wildman–Crippen MR) is 119 cm³/mol. The minimum atomic E-state index is 1.13. The fourth-order valence-electron chi connectivity index (χ4n) is 3.10. The molecule has 0 aliphatic carbocycles. The monoisotopic (exact) mass is 351 g/mol. The third-order valence-electron chi connectivity index (χ3n) is 4.39. The van der Waals surface area contributed by atoms with E-state index < -0.39 is 0 Å². The van der Waals surface area contributed by atoms with E-state index in [-0.39, 0.29) is 0 Å². The summed E-state index contributed by atoms with van der Waals surface area (Å²) in [5.74, 6) is 0. The van der Waals surface area contributed by atoms with Crippen molar-refractivity contribution in [2.75, 3.05) is 4.90 Å². The van der Waals surface area contributed by atoms with Crippen LogP contribution < -0.4 is 4.90 Å². The number of hydrogen-bond donors (Lipinski definition) is 0. The molecule has 0 fully saturated rings. The van der Waals surface area contributed by atoms with E-state index in [0.29, 0.717) is 0 Å². The summed E-state index contributed by atoms with van der Waals surface area (Å²) in [4.78, 5) is 2.28. The van der Waals surface area contributed by atoms with Gasteiger partial charge in [0.25, 0.3) is 0 Å². The van der Waals surface area contributed by atoms with E-state index in [2.05, 4.69) is 103 Å². The number of rotatable bonds is 6. The molecule has 0 radical (unpaired) electrons. The molecule has 0 aliphatic rings. The van der Waals surface area contributed by atoms with Crippen molar-refractivity contribution < 1.29 is 0 Å². The lowest BCUT2D eigenvalue weighted by Crippen LogP contribution is -2.10. The van der Waals surface area contributed by atoms with Crippen LogP contribution in [0.1, 0.15) is 18.1 Å². The Balaban J connectivity index is 2.13. The molecule has 0 saturated heterocycles. The van der Waals surface area contributed by atoms with Crippen LogP contribution in [-0.4, -0.2) is 0 Å². The van der Waals surface area contributed by atoms with Crippen LogP contribution in [0, 0.1) is 6.92 Å². The number of anilines is 3. The van der Waals surface area contributed by atoms with Crippen LogP contribution in [0.15, 0.2) is 110 Å². The average Bonchev–Trinajstić information content (AvgIpc) is 2.71. The van der Waals surface area contributed by atoms with Crippen LogP contribution in [0.2, 0.25) is 0 Å². The first kappa shape index (κ1) is 18.5. The molecule has 3 aromatic rings. The minimum absolute atomic E-state index is 1.13. The van der Waals surface area contributed by atoms with Crippen molar-refractivity contribution in [2.24, 2.45) is 0 Å². The van der Waals surface area contributed by atoms with Gasteiger partial charge in [-0.25, -0.2) is 0 Å². The van der Waals surface area contributed by atoms with E-state index in [1.165, 1.54) is 11.1 Å². The number of hydrogen-bond acceptors (Lipinski definition) is 1. The van der Waals surface area contributed by atoms with Crippen LogP contribution in [0.5, 0.6) is 0 Å². The highest BCUT2D eigenvalue weighted by atomic mass is 15.1. The van der Waals surface area contributed by atoms with Gasteiger partial charge in [0, 0.05) is 17.1 Å². The first-order valence-corrected chi connectivity index (χ1v) is 9.20. The van der Waals surface area contributed by atoms with Gasteiger partial charge in [0.15, 0.2) is 0 Å². The molecule has 1 nitrogen and oxygen atoms in total. The Kier molecular flexibility index (Phi) is 6.06. The summed E-state index contributed by atoms with van der Waals surface area (Å²) in [5.41, 5.74) is 6.97. The molecule has 27 heavy (non-hydrogen) atoms. The summed E-state index contributed by atoms with van der Waals surface area (Å²) in [7, 11) is 0. The smallest absolute Gasteiger partial charge is 0.0467 e. The molecule has 0 saturated carbocycles. The lowest BCUT2D eigenvalue weighted by Gasteiger charge is -2.26. The summed E-state index contributed by atoms with van der Waals surface area (Å²) in [6.07, 6.45) is 8.03. The van der Waals surface area contributed by atoms with Gasteiger partial charge >= 0.3 is 0 Å². The van der Waals surface area contributed by atoms with Crippen LogP contribution in [-0.2, 0) is 0 Å². The standard InChI is InChI=1S/C26H25N/c1-4-10-22(11-5-2)23-12-9-15-26(20-23)27(24-13-7-6-8-14-24)25-18-16-21(3)17-19-25/h4-20H,1H2,2-3H3/b11-5-,22-10+. The Morgan fingerprint density at radius 3 is 2.15 bits per heavy atom. The number of para-hydroxylation sites is 1. The highest BCUT2D eigenvalue weighted by Crippen LogP contribution is 2.35. The van der Waals surface area contributed by atoms with Crippen molar-refractivity contribution in [3.63, 3.8) is 0 Å². The van der Waals surface area contributed by atoms with Crippen LogP contribution in [0.25, 0.3) is 5.57 Å². The second kappa shape index (κ2) is 8.86. The maximum atomic E-state index is 3.85. The molecular formula is C26H25N. The number of benzene rings is 3. The van der Waals surface area contributed by atoms with Gasteiger partial charge in [-0.15, -0.1) is 0 Å². The summed E-state index contributed by atoms with van der Waals surface area (Å²) in [6.45, 7) is 7.99. The SMILES string of the molecule is C=C/C=C(\C=C/C)c1cccc(N(c2ccccc2)c2ccc(C)cc2)c1. The molecule has 1 heteroatoms. The summed E-state index contributed by atoms with van der Waals surface area (Å²) in [5, 5.41) is 0. The molecule has 0 N–H and O–H groups in total. The normalized spacial score (nSPS) is 11.6. The quantitative estimate of drug-likeness (QED) is 0.413. The van der Waals surface area contributed by atoms with E-state index in [1.54, 1.807) is 0 Å². The lowest BCUT2D eigenvalue weighted by atomic mass is 10.0. The van der Waals surface area contributed by atoms with Gasteiger partial charge < -0.3 is 4.90 Å². The number of allylic oxidation sites excluding steroid dienone is 5. The van der Waals surface area contributed by atoms with Crippen molar-refractivity contribution in [3.05, 3.63) is 121 Å². The molecule has 3 aromatic carbocycles. The van der Waals surface area contributed by atoms with Gasteiger partial charge in [-0.05, 0) is 61.4 Å². The summed E-state index contributed by atoms with van der Waals surface area (Å²) >= 11 is 0. The molecule has 134 valence electrons. The average molecular weight is 351 g/mol. The first-order chi connectivity index (χ1) is 13.2. The Morgan fingerprint density at radius 1 is 0.815 bits per heavy atom. The van der Waals surface area contributed by atoms with E-state index in [0.717, 1.165) is 22.6 Å². The molecular weight excluding hydrogens is 326 g/mol. The molecule has 0 amide bonds. The predicted octanol–water partition coefficient (Wildman–Crippen LogP) is 7.61. The van der Waals surface area contributed by atoms with Gasteiger partial charge in [0.1, 0.15) is 0 Å². The molecule has 0 unspecified atom stereocenters. The van der Waals surface area contributed by atoms with Crippen molar-refractivity contribution in [2.45, 2.75) is 13.8 Å². The number of aryl methyl sites for hydroxylation is 1. The largest absolute Gasteiger partial charge is 0.310 e. The summed E-state index contributed by atoms with van der Waals surface area (Å²) in [6, 6.07) is 27.7. The highest BCUT2D eigenvalue weighted by Gasteiger charge is 2.12. The minimum Gasteiger partial charge on any atom is -0.310 e. The van der Waals surface area contributed by atoms with Gasteiger partial charge in [0.05, 0.1) is 0 Å². The van der Waals surface area contributed by atoms with Crippen molar-refractivity contribution in [3.8, 4) is 0 Å². The van der Waals surface area contributed by atoms with Gasteiger partial charge in [0.2, 0.25) is 0 Å². The second-order valence-corrected chi connectivity index (χ2v) is 6.41. The molecule has 0 aliphatic heterocycles. The zero-order chi connectivity index (χ0) is 19.1. The molecule has 0 heterocycles. The zero-order valence-corrected chi connectivity index (χ0v) is 16.0. The zero-order valence-electron chi connectivity index (χ0n) is 16.0. The van der Waals surface area contributed by atoms with Gasteiger partial charge in [-0.2, -0.15) is 0 Å². The lowest BCUT2D eigenvalue weighted by molar-refractivity contribution is 1.27. The van der Waals surface area contributed by atoms with Crippen molar-refractivity contribution in [1.29, 1.82) is 0 Å². The van der Waals surface area contributed by atoms with Crippen LogP contribution in [0.4, 0.5) is 17.1 Å². The second-order valence-electron chi connectivity index (χ2n) is 6.41. The first-order valence-electron chi connectivity index (χ1n) is 9.20. The van der Waals surface area contributed by atoms with Crippen LogP contribution in [0.3, 0.4) is 0 Å². The van der Waals surface area contributed by atoms with Gasteiger partial charge in [-0.3, -0.25) is 0 Å². The Bertz CT molecular complexity index is 947. The fraction of sp³-hybridized carbons (Fsp3) is 0.0769. The topological polar surface area (TPSA) is 3.24 Å². The highest BCUT2D eigenvalue weighted by molar-refractivity contribution is 5.81. The number of nitrogens with zero attached hydrogens (tertiary/aromatic N) is 1. The molecule has 0 spiro atoms. The molecule has 0 aromatic heterocycles. The molecule has 3 rings (SSSR count). The Morgan fingerprint density at radius 2 is 1.48 bits per heavy atom. The maximum absolute atomic E-state index is 3.85. The fourth-order valence-corrected chi connectivity index (χ4v) is 3.10.